The molecule has 2 aliphatic rings. The Morgan fingerprint density at radius 2 is 1.75 bits per heavy atom. The molecule has 0 unspecified atom stereocenters. The zero-order valence-corrected chi connectivity index (χ0v) is 20.5. The van der Waals surface area contributed by atoms with E-state index in [9.17, 15) is 24.2 Å². The van der Waals surface area contributed by atoms with E-state index < -0.39 is 41.6 Å². The Hall–Kier alpha value is -3.20. The van der Waals surface area contributed by atoms with E-state index in [0.717, 1.165) is 36.6 Å². The lowest BCUT2D eigenvalue weighted by molar-refractivity contribution is -0.141. The lowest BCUT2D eigenvalue weighted by Crippen LogP contribution is -2.44. The van der Waals surface area contributed by atoms with Gasteiger partial charge in [0.15, 0.2) is 17.4 Å². The molecule has 7 nitrogen and oxygen atoms in total. The Morgan fingerprint density at radius 3 is 2.31 bits per heavy atom. The molecule has 1 saturated heterocycles. The van der Waals surface area contributed by atoms with E-state index in [1.165, 1.54) is 11.6 Å². The lowest BCUT2D eigenvalue weighted by Gasteiger charge is -2.45. The molecule has 4 rings (SSSR count). The van der Waals surface area contributed by atoms with Gasteiger partial charge in [-0.2, -0.15) is 0 Å². The predicted molar refractivity (Wildman–Crippen MR) is 129 cm³/mol. The number of hydrogen-bond donors (Lipinski definition) is 2. The van der Waals surface area contributed by atoms with Crippen LogP contribution in [-0.4, -0.2) is 64.9 Å². The van der Waals surface area contributed by atoms with E-state index in [1.54, 1.807) is 0 Å². The maximum atomic E-state index is 15.4. The first-order valence-corrected chi connectivity index (χ1v) is 12.2. The smallest absolute Gasteiger partial charge is 0.408 e. The van der Waals surface area contributed by atoms with Gasteiger partial charge in [0.2, 0.25) is 0 Å². The maximum Gasteiger partial charge on any atom is 0.408 e. The van der Waals surface area contributed by atoms with Crippen LogP contribution in [-0.2, 0) is 16.8 Å². The number of nitrogens with zero attached hydrogens (tertiary/aromatic N) is 2. The quantitative estimate of drug-likeness (QED) is 0.569. The number of benzene rings is 2. The summed E-state index contributed by atoms with van der Waals surface area (Å²) in [7, 11) is 4.17. The third kappa shape index (κ3) is 5.02. The summed E-state index contributed by atoms with van der Waals surface area (Å²) in [5.74, 6) is -3.37. The second-order valence-electron chi connectivity index (χ2n) is 10.1. The molecule has 2 N–H and O–H groups in total. The highest BCUT2D eigenvalue weighted by atomic mass is 19.1. The van der Waals surface area contributed by atoms with Crippen LogP contribution in [0.5, 0.6) is 5.75 Å². The van der Waals surface area contributed by atoms with Crippen LogP contribution in [0.1, 0.15) is 43.2 Å². The van der Waals surface area contributed by atoms with E-state index in [1.807, 2.05) is 18.2 Å². The van der Waals surface area contributed by atoms with E-state index in [4.69, 9.17) is 4.74 Å². The van der Waals surface area contributed by atoms with Gasteiger partial charge in [0.25, 0.3) is 0 Å². The summed E-state index contributed by atoms with van der Waals surface area (Å²) in [6, 6.07) is 11.7. The Balaban J connectivity index is 1.46. The van der Waals surface area contributed by atoms with Gasteiger partial charge < -0.3 is 14.9 Å². The summed E-state index contributed by atoms with van der Waals surface area (Å²) < 4.78 is 35.4. The van der Waals surface area contributed by atoms with E-state index in [0.29, 0.717) is 12.0 Å². The molecule has 2 aromatic carbocycles. The standard InChI is InChI=1S/C27H32F2N2O5/c1-30(2)27(19-6-4-3-5-7-19)12-10-17(11-13-27)14-18-8-9-21(28)24(23(18)29)36-20-15-22(25(32)33)31(16-20)26(34)35/h3-9,17,20,22H,10-16H2,1-2H3,(H,32,33)(H,34,35)/t17?,20-,22-,27?/m0/s1. The van der Waals surface area contributed by atoms with Crippen molar-refractivity contribution in [1.29, 1.82) is 0 Å². The van der Waals surface area contributed by atoms with Gasteiger partial charge in [-0.05, 0) is 69.3 Å². The average molecular weight is 503 g/mol. The number of hydrogen-bond acceptors (Lipinski definition) is 4. The first-order valence-electron chi connectivity index (χ1n) is 12.2. The minimum absolute atomic E-state index is 0.0768. The van der Waals surface area contributed by atoms with Crippen molar-refractivity contribution in [2.24, 2.45) is 5.92 Å². The molecule has 9 heteroatoms. The summed E-state index contributed by atoms with van der Waals surface area (Å²) in [5, 5.41) is 18.5. The molecule has 2 fully saturated rings. The molecule has 0 bridgehead atoms. The highest BCUT2D eigenvalue weighted by Crippen LogP contribution is 2.44. The van der Waals surface area contributed by atoms with Gasteiger partial charge in [-0.1, -0.05) is 36.4 Å². The van der Waals surface area contributed by atoms with Crippen LogP contribution in [0, 0.1) is 17.6 Å². The molecule has 2 aromatic rings. The SMILES string of the molecule is CN(C)C1(c2ccccc2)CCC(Cc2ccc(F)c(O[C@H]3C[C@@H](C(=O)O)N(C(=O)O)C3)c2F)CC1. The zero-order valence-electron chi connectivity index (χ0n) is 20.5. The normalized spacial score (nSPS) is 26.2. The third-order valence-electron chi connectivity index (χ3n) is 7.82. The van der Waals surface area contributed by atoms with Gasteiger partial charge in [-0.3, -0.25) is 9.80 Å². The van der Waals surface area contributed by atoms with Crippen LogP contribution in [0.3, 0.4) is 0 Å². The summed E-state index contributed by atoms with van der Waals surface area (Å²) in [4.78, 5) is 25.7. The number of carboxylic acids is 1. The second-order valence-corrected chi connectivity index (χ2v) is 10.1. The first kappa shape index (κ1) is 25.9. The third-order valence-corrected chi connectivity index (χ3v) is 7.82. The Labute approximate surface area is 209 Å². The van der Waals surface area contributed by atoms with Crippen molar-refractivity contribution in [3.63, 3.8) is 0 Å². The lowest BCUT2D eigenvalue weighted by atomic mass is 9.70. The van der Waals surface area contributed by atoms with Crippen LogP contribution in [0.2, 0.25) is 0 Å². The predicted octanol–water partition coefficient (Wildman–Crippen LogP) is 4.74. The molecule has 36 heavy (non-hydrogen) atoms. The first-order chi connectivity index (χ1) is 17.1. The van der Waals surface area contributed by atoms with Crippen molar-refractivity contribution in [1.82, 2.24) is 9.80 Å². The zero-order chi connectivity index (χ0) is 26.0. The number of amides is 1. The van der Waals surface area contributed by atoms with Gasteiger partial charge >= 0.3 is 12.1 Å². The Bertz CT molecular complexity index is 1080. The van der Waals surface area contributed by atoms with Crippen LogP contribution in [0.25, 0.3) is 0 Å². The van der Waals surface area contributed by atoms with Crippen molar-refractivity contribution >= 4 is 12.1 Å². The van der Waals surface area contributed by atoms with Crippen molar-refractivity contribution in [3.8, 4) is 5.75 Å². The molecule has 1 aliphatic heterocycles. The van der Waals surface area contributed by atoms with Crippen LogP contribution in [0.4, 0.5) is 13.6 Å². The molecule has 1 heterocycles. The molecule has 194 valence electrons. The monoisotopic (exact) mass is 502 g/mol. The van der Waals surface area contributed by atoms with Gasteiger partial charge in [-0.25, -0.2) is 18.4 Å². The maximum absolute atomic E-state index is 15.4. The van der Waals surface area contributed by atoms with Gasteiger partial charge in [0.05, 0.1) is 6.54 Å². The molecule has 0 aromatic heterocycles. The molecule has 1 saturated carbocycles. The summed E-state index contributed by atoms with van der Waals surface area (Å²) in [5.41, 5.74) is 1.53. The summed E-state index contributed by atoms with van der Waals surface area (Å²) >= 11 is 0. The van der Waals surface area contributed by atoms with Gasteiger partial charge in [0, 0.05) is 12.0 Å². The number of ether oxygens (including phenoxy) is 1. The molecule has 1 aliphatic carbocycles. The minimum atomic E-state index is -1.41. The fraction of sp³-hybridized carbons (Fsp3) is 0.481. The number of halogens is 2. The molecule has 0 radical (unpaired) electrons. The van der Waals surface area contributed by atoms with E-state index >= 15 is 4.39 Å². The fourth-order valence-electron chi connectivity index (χ4n) is 5.75. The van der Waals surface area contributed by atoms with Crippen LogP contribution >= 0.6 is 0 Å². The number of carbonyl (C=O) groups is 2. The molecule has 0 spiro atoms. The number of carboxylic acid groups (broad SMARTS) is 2. The molecule has 1 amide bonds. The highest BCUT2D eigenvalue weighted by Gasteiger charge is 2.42. The summed E-state index contributed by atoms with van der Waals surface area (Å²) in [6.07, 6.45) is 1.50. The van der Waals surface area contributed by atoms with Crippen molar-refractivity contribution in [2.75, 3.05) is 20.6 Å². The second kappa shape index (κ2) is 10.4. The number of aliphatic carboxylic acids is 1. The minimum Gasteiger partial charge on any atom is -0.482 e. The van der Waals surface area contributed by atoms with Gasteiger partial charge in [0.1, 0.15) is 12.1 Å². The van der Waals surface area contributed by atoms with Crippen molar-refractivity contribution < 1.29 is 33.3 Å². The average Bonchev–Trinajstić information content (AvgIpc) is 3.29. The fourth-order valence-corrected chi connectivity index (χ4v) is 5.75. The Morgan fingerprint density at radius 1 is 1.08 bits per heavy atom. The molecular formula is C27H32F2N2O5. The largest absolute Gasteiger partial charge is 0.482 e. The molecular weight excluding hydrogens is 470 g/mol. The number of likely N-dealkylation sites (tertiary alicyclic amines) is 1. The molecule has 2 atom stereocenters. The van der Waals surface area contributed by atoms with E-state index in [-0.39, 0.29) is 24.4 Å². The van der Waals surface area contributed by atoms with Crippen molar-refractivity contribution in [2.45, 2.75) is 56.2 Å². The number of rotatable bonds is 7. The van der Waals surface area contributed by atoms with E-state index in [2.05, 4.69) is 31.1 Å². The van der Waals surface area contributed by atoms with Gasteiger partial charge in [-0.15, -0.1) is 0 Å². The Kier molecular flexibility index (Phi) is 7.49. The topological polar surface area (TPSA) is 90.3 Å². The van der Waals surface area contributed by atoms with Crippen LogP contribution in [0.15, 0.2) is 42.5 Å². The van der Waals surface area contributed by atoms with Crippen LogP contribution < -0.4 is 4.74 Å². The highest BCUT2D eigenvalue weighted by molar-refractivity contribution is 5.80. The summed E-state index contributed by atoms with van der Waals surface area (Å²) in [6.45, 7) is -0.274. The van der Waals surface area contributed by atoms with Crippen molar-refractivity contribution in [3.05, 3.63) is 65.2 Å².